The molecule has 94 valence electrons. The highest BCUT2D eigenvalue weighted by Crippen LogP contribution is 2.13. The van der Waals surface area contributed by atoms with E-state index in [0.717, 1.165) is 11.3 Å². The van der Waals surface area contributed by atoms with Gasteiger partial charge in [0.1, 0.15) is 5.75 Å². The summed E-state index contributed by atoms with van der Waals surface area (Å²) in [6.07, 6.45) is 1.63. The van der Waals surface area contributed by atoms with E-state index in [1.165, 1.54) is 6.20 Å². The monoisotopic (exact) mass is 247 g/mol. The second-order valence-electron chi connectivity index (χ2n) is 3.84. The standard InChI is InChI=1S/C13H13NO4/c1-9-3-2-4-10(7-9)17-6-5-12-14-8-11(18-12)13(15)16/h2-4,7-8H,5-6H2,1H3,(H,15,16). The lowest BCUT2D eigenvalue weighted by Gasteiger charge is -2.04. The molecule has 0 atom stereocenters. The van der Waals surface area contributed by atoms with Crippen molar-refractivity contribution in [3.05, 3.63) is 47.7 Å². The van der Waals surface area contributed by atoms with E-state index in [4.69, 9.17) is 14.3 Å². The zero-order valence-electron chi connectivity index (χ0n) is 9.92. The fourth-order valence-electron chi connectivity index (χ4n) is 1.49. The Morgan fingerprint density at radius 2 is 2.33 bits per heavy atom. The minimum absolute atomic E-state index is 0.152. The van der Waals surface area contributed by atoms with Gasteiger partial charge in [0.05, 0.1) is 19.2 Å². The first-order chi connectivity index (χ1) is 8.65. The lowest BCUT2D eigenvalue weighted by atomic mass is 10.2. The van der Waals surface area contributed by atoms with Crippen molar-refractivity contribution in [1.29, 1.82) is 0 Å². The van der Waals surface area contributed by atoms with Crippen LogP contribution in [0.2, 0.25) is 0 Å². The SMILES string of the molecule is Cc1cccc(OCCc2ncc(C(=O)O)o2)c1. The molecule has 0 unspecified atom stereocenters. The average Bonchev–Trinajstić information content (AvgIpc) is 2.78. The molecule has 0 aliphatic rings. The van der Waals surface area contributed by atoms with Crippen molar-refractivity contribution in [2.24, 2.45) is 0 Å². The molecule has 0 bridgehead atoms. The summed E-state index contributed by atoms with van der Waals surface area (Å²) in [6.45, 7) is 2.38. The molecule has 1 N–H and O–H groups in total. The number of aromatic nitrogens is 1. The van der Waals surface area contributed by atoms with Crippen LogP contribution in [0.5, 0.6) is 5.75 Å². The van der Waals surface area contributed by atoms with E-state index in [1.807, 2.05) is 31.2 Å². The summed E-state index contributed by atoms with van der Waals surface area (Å²) in [5.74, 6) is -0.131. The minimum Gasteiger partial charge on any atom is -0.493 e. The summed E-state index contributed by atoms with van der Waals surface area (Å²) >= 11 is 0. The molecule has 1 heterocycles. The molecule has 2 rings (SSSR count). The molecule has 0 spiro atoms. The van der Waals surface area contributed by atoms with Gasteiger partial charge in [0.15, 0.2) is 5.89 Å². The Labute approximate surface area is 104 Å². The first-order valence-corrected chi connectivity index (χ1v) is 5.52. The number of carboxylic acid groups (broad SMARTS) is 1. The molecular weight excluding hydrogens is 234 g/mol. The van der Waals surface area contributed by atoms with Gasteiger partial charge in [0.25, 0.3) is 0 Å². The summed E-state index contributed by atoms with van der Waals surface area (Å²) < 4.78 is 10.5. The van der Waals surface area contributed by atoms with Crippen molar-refractivity contribution < 1.29 is 19.1 Å². The first-order valence-electron chi connectivity index (χ1n) is 5.52. The number of aromatic carboxylic acids is 1. The molecule has 0 amide bonds. The van der Waals surface area contributed by atoms with Crippen LogP contribution in [0.25, 0.3) is 0 Å². The number of carboxylic acids is 1. The van der Waals surface area contributed by atoms with Crippen molar-refractivity contribution in [2.75, 3.05) is 6.61 Å². The molecule has 0 radical (unpaired) electrons. The molecule has 0 aliphatic heterocycles. The van der Waals surface area contributed by atoms with Crippen LogP contribution in [0.4, 0.5) is 0 Å². The van der Waals surface area contributed by atoms with Crippen LogP contribution < -0.4 is 4.74 Å². The van der Waals surface area contributed by atoms with E-state index >= 15 is 0 Å². The molecule has 1 aromatic heterocycles. The summed E-state index contributed by atoms with van der Waals surface area (Å²) in [7, 11) is 0. The Balaban J connectivity index is 1.86. The van der Waals surface area contributed by atoms with E-state index in [1.54, 1.807) is 0 Å². The lowest BCUT2D eigenvalue weighted by molar-refractivity contribution is 0.0660. The highest BCUT2D eigenvalue weighted by molar-refractivity contribution is 5.83. The van der Waals surface area contributed by atoms with Crippen LogP contribution in [0.1, 0.15) is 22.0 Å². The van der Waals surface area contributed by atoms with E-state index in [-0.39, 0.29) is 5.76 Å². The Hall–Kier alpha value is -2.30. The number of rotatable bonds is 5. The van der Waals surface area contributed by atoms with E-state index in [9.17, 15) is 4.79 Å². The van der Waals surface area contributed by atoms with Gasteiger partial charge in [-0.15, -0.1) is 0 Å². The Morgan fingerprint density at radius 1 is 1.50 bits per heavy atom. The van der Waals surface area contributed by atoms with Gasteiger partial charge in [-0.05, 0) is 24.6 Å². The van der Waals surface area contributed by atoms with Gasteiger partial charge in [-0.25, -0.2) is 9.78 Å². The normalized spacial score (nSPS) is 10.3. The van der Waals surface area contributed by atoms with Crippen LogP contribution >= 0.6 is 0 Å². The Morgan fingerprint density at radius 3 is 3.00 bits per heavy atom. The summed E-state index contributed by atoms with van der Waals surface area (Å²) in [4.78, 5) is 14.4. The molecular formula is C13H13NO4. The second kappa shape index (κ2) is 5.35. The third-order valence-corrected chi connectivity index (χ3v) is 2.34. The van der Waals surface area contributed by atoms with Gasteiger partial charge in [0.2, 0.25) is 5.76 Å². The number of benzene rings is 1. The fourth-order valence-corrected chi connectivity index (χ4v) is 1.49. The summed E-state index contributed by atoms with van der Waals surface area (Å²) in [6, 6.07) is 7.70. The van der Waals surface area contributed by atoms with Gasteiger partial charge in [-0.3, -0.25) is 0 Å². The molecule has 1 aromatic carbocycles. The van der Waals surface area contributed by atoms with Crippen molar-refractivity contribution in [3.8, 4) is 5.75 Å². The lowest BCUT2D eigenvalue weighted by Crippen LogP contribution is -2.01. The van der Waals surface area contributed by atoms with Gasteiger partial charge >= 0.3 is 5.97 Å². The minimum atomic E-state index is -1.12. The summed E-state index contributed by atoms with van der Waals surface area (Å²) in [5.41, 5.74) is 1.12. The average molecular weight is 247 g/mol. The molecule has 2 aromatic rings. The maximum Gasteiger partial charge on any atom is 0.373 e. The topological polar surface area (TPSA) is 72.6 Å². The first kappa shape index (κ1) is 12.2. The largest absolute Gasteiger partial charge is 0.493 e. The van der Waals surface area contributed by atoms with E-state index < -0.39 is 5.97 Å². The van der Waals surface area contributed by atoms with Gasteiger partial charge < -0.3 is 14.3 Å². The van der Waals surface area contributed by atoms with Crippen molar-refractivity contribution in [3.63, 3.8) is 0 Å². The number of carbonyl (C=O) groups is 1. The maximum atomic E-state index is 10.6. The van der Waals surface area contributed by atoms with Crippen LogP contribution in [0.15, 0.2) is 34.9 Å². The highest BCUT2D eigenvalue weighted by atomic mass is 16.5. The van der Waals surface area contributed by atoms with Crippen molar-refractivity contribution in [2.45, 2.75) is 13.3 Å². The van der Waals surface area contributed by atoms with Gasteiger partial charge in [0, 0.05) is 0 Å². The molecule has 0 fully saturated rings. The third kappa shape index (κ3) is 3.10. The van der Waals surface area contributed by atoms with Crippen molar-refractivity contribution in [1.82, 2.24) is 4.98 Å². The number of nitrogens with zero attached hydrogens (tertiary/aromatic N) is 1. The molecule has 18 heavy (non-hydrogen) atoms. The van der Waals surface area contributed by atoms with Gasteiger partial charge in [-0.1, -0.05) is 12.1 Å². The van der Waals surface area contributed by atoms with E-state index in [0.29, 0.717) is 18.9 Å². The van der Waals surface area contributed by atoms with Crippen LogP contribution in [-0.4, -0.2) is 22.7 Å². The molecule has 5 heteroatoms. The van der Waals surface area contributed by atoms with Gasteiger partial charge in [-0.2, -0.15) is 0 Å². The summed E-state index contributed by atoms with van der Waals surface area (Å²) in [5, 5.41) is 8.67. The zero-order valence-corrected chi connectivity index (χ0v) is 9.92. The number of aryl methyl sites for hydroxylation is 1. The molecule has 0 aliphatic carbocycles. The fraction of sp³-hybridized carbons (Fsp3) is 0.231. The smallest absolute Gasteiger partial charge is 0.373 e. The molecule has 0 saturated heterocycles. The predicted molar refractivity (Wildman–Crippen MR) is 63.8 cm³/mol. The van der Waals surface area contributed by atoms with Crippen LogP contribution in [-0.2, 0) is 6.42 Å². The third-order valence-electron chi connectivity index (χ3n) is 2.34. The number of ether oxygens (including phenoxy) is 1. The number of hydrogen-bond acceptors (Lipinski definition) is 4. The Bertz CT molecular complexity index is 547. The maximum absolute atomic E-state index is 10.6. The van der Waals surface area contributed by atoms with Crippen LogP contribution in [0.3, 0.4) is 0 Å². The zero-order chi connectivity index (χ0) is 13.0. The van der Waals surface area contributed by atoms with Crippen molar-refractivity contribution >= 4 is 5.97 Å². The van der Waals surface area contributed by atoms with Crippen LogP contribution in [0, 0.1) is 6.92 Å². The highest BCUT2D eigenvalue weighted by Gasteiger charge is 2.10. The quantitative estimate of drug-likeness (QED) is 0.877. The predicted octanol–water partition coefficient (Wildman–Crippen LogP) is 2.30. The second-order valence-corrected chi connectivity index (χ2v) is 3.84. The van der Waals surface area contributed by atoms with E-state index in [2.05, 4.69) is 4.98 Å². The number of oxazole rings is 1. The number of hydrogen-bond donors (Lipinski definition) is 1. The Kier molecular flexibility index (Phi) is 3.62. The molecule has 0 saturated carbocycles. The molecule has 5 nitrogen and oxygen atoms in total.